The molecule has 0 aliphatic carbocycles. The number of halogens is 4. The summed E-state index contributed by atoms with van der Waals surface area (Å²) in [6.07, 6.45) is 0. The van der Waals surface area contributed by atoms with E-state index in [-0.39, 0.29) is 50.5 Å². The predicted molar refractivity (Wildman–Crippen MR) is 73.2 cm³/mol. The molecule has 103 valence electrons. The van der Waals surface area contributed by atoms with Crippen LogP contribution < -0.4 is 5.56 Å². The first-order chi connectivity index (χ1) is 8.95. The predicted octanol–water partition coefficient (Wildman–Crippen LogP) is 3.35. The van der Waals surface area contributed by atoms with E-state index in [9.17, 15) is 18.0 Å². The van der Waals surface area contributed by atoms with Gasteiger partial charge in [-0.2, -0.15) is 12.1 Å². The Morgan fingerprint density at radius 1 is 1.25 bits per heavy atom. The van der Waals surface area contributed by atoms with E-state index in [1.165, 1.54) is 10.6 Å². The van der Waals surface area contributed by atoms with E-state index in [4.69, 9.17) is 0 Å². The number of hydrogen-bond donors (Lipinski definition) is 0. The van der Waals surface area contributed by atoms with Crippen molar-refractivity contribution in [3.8, 4) is 11.3 Å². The van der Waals surface area contributed by atoms with Crippen molar-refractivity contribution in [3.05, 3.63) is 55.6 Å². The van der Waals surface area contributed by atoms with Gasteiger partial charge in [0.2, 0.25) is 5.56 Å². The maximum Gasteiger partial charge on any atom is 0.207 e. The van der Waals surface area contributed by atoms with Gasteiger partial charge in [-0.25, -0.2) is 13.2 Å². The second-order valence-electron chi connectivity index (χ2n) is 3.78. The standard InChI is InChI=1S/C13H8F3INO.Y/c1-2-18-11(4-3-10(17)13(18)19)12-8(15)5-7(14)6-9(12)16;/h3,5-6H,2H2,1H3;/q-1;. The molecule has 20 heavy (non-hydrogen) atoms. The van der Waals surface area contributed by atoms with Crippen LogP contribution in [0.1, 0.15) is 6.92 Å². The molecule has 0 spiro atoms. The molecule has 0 aliphatic rings. The van der Waals surface area contributed by atoms with Crippen LogP contribution in [0.4, 0.5) is 13.2 Å². The first-order valence-corrected chi connectivity index (χ1v) is 6.49. The Kier molecular flexibility index (Phi) is 6.40. The molecule has 2 nitrogen and oxygen atoms in total. The van der Waals surface area contributed by atoms with Gasteiger partial charge in [-0.1, -0.05) is 5.69 Å². The van der Waals surface area contributed by atoms with Crippen molar-refractivity contribution in [3.63, 3.8) is 0 Å². The van der Waals surface area contributed by atoms with Crippen LogP contribution in [0, 0.1) is 27.1 Å². The molecular formula is C13H8F3INOY-. The van der Waals surface area contributed by atoms with Gasteiger partial charge in [-0.15, -0.1) is 22.6 Å². The summed E-state index contributed by atoms with van der Waals surface area (Å²) in [4.78, 5) is 11.9. The van der Waals surface area contributed by atoms with E-state index in [2.05, 4.69) is 6.07 Å². The molecule has 0 N–H and O–H groups in total. The zero-order valence-electron chi connectivity index (χ0n) is 10.4. The van der Waals surface area contributed by atoms with Crippen molar-refractivity contribution in [2.45, 2.75) is 13.5 Å². The van der Waals surface area contributed by atoms with E-state index in [1.807, 2.05) is 22.6 Å². The van der Waals surface area contributed by atoms with E-state index >= 15 is 0 Å². The zero-order chi connectivity index (χ0) is 14.2. The summed E-state index contributed by atoms with van der Waals surface area (Å²) in [5.41, 5.74) is -0.834. The SMILES string of the molecule is CCn1c(-c2c(F)cc(F)cc2F)[c-]cc(I)c1=O.[Y]. The van der Waals surface area contributed by atoms with Gasteiger partial charge in [0, 0.05) is 39.3 Å². The van der Waals surface area contributed by atoms with Crippen LogP contribution in [0.25, 0.3) is 11.3 Å². The molecule has 1 heterocycles. The smallest absolute Gasteiger partial charge is 0.207 e. The molecule has 0 saturated carbocycles. The number of hydrogen-bond acceptors (Lipinski definition) is 1. The van der Waals surface area contributed by atoms with E-state index < -0.39 is 23.0 Å². The van der Waals surface area contributed by atoms with Gasteiger partial charge >= 0.3 is 0 Å². The molecule has 0 saturated heterocycles. The van der Waals surface area contributed by atoms with Crippen LogP contribution >= 0.6 is 22.6 Å². The summed E-state index contributed by atoms with van der Waals surface area (Å²) in [6.45, 7) is 1.91. The Labute approximate surface area is 152 Å². The fraction of sp³-hybridized carbons (Fsp3) is 0.154. The molecule has 2 rings (SSSR count). The Morgan fingerprint density at radius 2 is 1.80 bits per heavy atom. The van der Waals surface area contributed by atoms with Gasteiger partial charge in [0.05, 0.1) is 11.6 Å². The molecule has 0 atom stereocenters. The monoisotopic (exact) mass is 467 g/mol. The third-order valence-corrected chi connectivity index (χ3v) is 3.39. The Bertz CT molecular complexity index is 679. The molecule has 0 aliphatic heterocycles. The quantitative estimate of drug-likeness (QED) is 0.491. The van der Waals surface area contributed by atoms with Crippen LogP contribution in [-0.4, -0.2) is 4.57 Å². The van der Waals surface area contributed by atoms with E-state index in [1.54, 1.807) is 6.92 Å². The summed E-state index contributed by atoms with van der Waals surface area (Å²) in [6, 6.07) is 5.18. The van der Waals surface area contributed by atoms with Crippen LogP contribution in [0.2, 0.25) is 0 Å². The summed E-state index contributed by atoms with van der Waals surface area (Å²) in [5, 5.41) is 0. The minimum absolute atomic E-state index is 0. The van der Waals surface area contributed by atoms with Gasteiger partial charge < -0.3 is 4.57 Å². The summed E-state index contributed by atoms with van der Waals surface area (Å²) >= 11 is 1.82. The zero-order valence-corrected chi connectivity index (χ0v) is 15.4. The largest absolute Gasteiger partial charge is 0.342 e. The molecule has 7 heteroatoms. The van der Waals surface area contributed by atoms with Crippen molar-refractivity contribution in [2.24, 2.45) is 0 Å². The van der Waals surface area contributed by atoms with Crippen LogP contribution in [-0.2, 0) is 39.3 Å². The number of benzene rings is 1. The minimum Gasteiger partial charge on any atom is -0.342 e. The fourth-order valence-electron chi connectivity index (χ4n) is 1.78. The van der Waals surface area contributed by atoms with Gasteiger partial charge in [0.25, 0.3) is 0 Å². The molecule has 2 aromatic rings. The van der Waals surface area contributed by atoms with Crippen LogP contribution in [0.15, 0.2) is 23.0 Å². The van der Waals surface area contributed by atoms with Crippen molar-refractivity contribution in [1.82, 2.24) is 4.57 Å². The molecule has 0 unspecified atom stereocenters. The maximum absolute atomic E-state index is 13.7. The minimum atomic E-state index is -1.06. The summed E-state index contributed by atoms with van der Waals surface area (Å²) in [5.74, 6) is -3.12. The van der Waals surface area contributed by atoms with Crippen LogP contribution in [0.5, 0.6) is 0 Å². The van der Waals surface area contributed by atoms with Crippen molar-refractivity contribution >= 4 is 22.6 Å². The van der Waals surface area contributed by atoms with E-state index in [0.717, 1.165) is 0 Å². The molecule has 1 aromatic carbocycles. The summed E-state index contributed by atoms with van der Waals surface area (Å²) in [7, 11) is 0. The first kappa shape index (κ1) is 17.8. The molecule has 0 bridgehead atoms. The van der Waals surface area contributed by atoms with Gasteiger partial charge in [0.15, 0.2) is 0 Å². The van der Waals surface area contributed by atoms with Gasteiger partial charge in [-0.05, 0) is 28.2 Å². The molecular weight excluding hydrogens is 459 g/mol. The number of pyridine rings is 1. The maximum atomic E-state index is 13.7. The molecule has 0 fully saturated rings. The Morgan fingerprint density at radius 3 is 2.30 bits per heavy atom. The third kappa shape index (κ3) is 3.33. The number of aromatic nitrogens is 1. The van der Waals surface area contributed by atoms with Crippen molar-refractivity contribution in [2.75, 3.05) is 0 Å². The first-order valence-electron chi connectivity index (χ1n) is 5.41. The molecule has 1 aromatic heterocycles. The third-order valence-electron chi connectivity index (χ3n) is 2.61. The average Bonchev–Trinajstić information content (AvgIpc) is 2.32. The topological polar surface area (TPSA) is 22.0 Å². The van der Waals surface area contributed by atoms with Gasteiger partial charge in [-0.3, -0.25) is 4.79 Å². The molecule has 1 radical (unpaired) electrons. The second kappa shape index (κ2) is 7.18. The normalized spacial score (nSPS) is 10.2. The fourth-order valence-corrected chi connectivity index (χ4v) is 2.23. The second-order valence-corrected chi connectivity index (χ2v) is 4.94. The van der Waals surface area contributed by atoms with Crippen molar-refractivity contribution in [1.29, 1.82) is 0 Å². The van der Waals surface area contributed by atoms with Crippen molar-refractivity contribution < 1.29 is 45.9 Å². The summed E-state index contributed by atoms with van der Waals surface area (Å²) < 4.78 is 41.9. The Balaban J connectivity index is 0.00000200. The number of nitrogens with zero attached hydrogens (tertiary/aromatic N) is 1. The average molecular weight is 467 g/mol. The Hall–Kier alpha value is -0.206. The molecule has 0 amide bonds. The van der Waals surface area contributed by atoms with Gasteiger partial charge in [0.1, 0.15) is 5.82 Å². The van der Waals surface area contributed by atoms with E-state index in [0.29, 0.717) is 15.7 Å². The number of rotatable bonds is 2. The van der Waals surface area contributed by atoms with Crippen LogP contribution in [0.3, 0.4) is 0 Å².